The minimum absolute atomic E-state index is 0.00454. The lowest BCUT2D eigenvalue weighted by Gasteiger charge is -2.33. The monoisotopic (exact) mass is 310 g/mol. The molecule has 0 saturated heterocycles. The first-order chi connectivity index (χ1) is 9.82. The molecule has 1 aromatic heterocycles. The largest absolute Gasteiger partial charge is 0.334 e. The molecular formula is C14H22N4O2S. The molecule has 6 nitrogen and oxygen atoms in total. The van der Waals surface area contributed by atoms with Gasteiger partial charge in [-0.05, 0) is 45.4 Å². The van der Waals surface area contributed by atoms with Crippen LogP contribution in [0.2, 0.25) is 0 Å². The van der Waals surface area contributed by atoms with E-state index in [-0.39, 0.29) is 5.03 Å². The fraction of sp³-hybridized carbons (Fsp3) is 0.714. The maximum absolute atomic E-state index is 12.5. The molecule has 7 heteroatoms. The first-order valence-corrected chi connectivity index (χ1v) is 8.79. The van der Waals surface area contributed by atoms with E-state index in [1.165, 1.54) is 6.20 Å². The van der Waals surface area contributed by atoms with Gasteiger partial charge in [0.15, 0.2) is 5.03 Å². The molecule has 0 atom stereocenters. The average molecular weight is 310 g/mol. The number of rotatable bonds is 4. The smallest absolute Gasteiger partial charge is 0.260 e. The molecule has 1 N–H and O–H groups in total. The SMILES string of the molecule is CCn1cc(S(=O)(=O)NC2(C#N)CCC(C)CC2)nc1C. The number of nitrogens with one attached hydrogen (secondary N) is 1. The summed E-state index contributed by atoms with van der Waals surface area (Å²) in [6.45, 7) is 6.49. The highest BCUT2D eigenvalue weighted by Gasteiger charge is 2.39. The zero-order chi connectivity index (χ0) is 15.7. The van der Waals surface area contributed by atoms with Crippen LogP contribution in [0.1, 0.15) is 45.4 Å². The van der Waals surface area contributed by atoms with Crippen molar-refractivity contribution in [3.8, 4) is 6.07 Å². The molecule has 0 unspecified atom stereocenters. The number of nitriles is 1. The van der Waals surface area contributed by atoms with Gasteiger partial charge in [-0.1, -0.05) is 6.92 Å². The Kier molecular flexibility index (Phi) is 4.40. The Bertz CT molecular complexity index is 649. The second kappa shape index (κ2) is 5.78. The summed E-state index contributed by atoms with van der Waals surface area (Å²) in [6, 6.07) is 2.17. The van der Waals surface area contributed by atoms with Crippen molar-refractivity contribution in [2.24, 2.45) is 5.92 Å². The molecule has 21 heavy (non-hydrogen) atoms. The summed E-state index contributed by atoms with van der Waals surface area (Å²) >= 11 is 0. The number of nitrogens with zero attached hydrogens (tertiary/aromatic N) is 3. The summed E-state index contributed by atoms with van der Waals surface area (Å²) in [5.74, 6) is 1.19. The zero-order valence-corrected chi connectivity index (χ0v) is 13.6. The number of hydrogen-bond donors (Lipinski definition) is 1. The van der Waals surface area contributed by atoms with E-state index >= 15 is 0 Å². The number of aryl methyl sites for hydroxylation is 2. The van der Waals surface area contributed by atoms with Gasteiger partial charge in [0.2, 0.25) is 0 Å². The second-order valence-corrected chi connectivity index (χ2v) is 7.52. The van der Waals surface area contributed by atoms with Gasteiger partial charge in [0, 0.05) is 12.7 Å². The molecule has 0 aromatic carbocycles. The van der Waals surface area contributed by atoms with Crippen molar-refractivity contribution < 1.29 is 8.42 Å². The van der Waals surface area contributed by atoms with Crippen LogP contribution in [-0.2, 0) is 16.6 Å². The molecule has 0 radical (unpaired) electrons. The summed E-state index contributed by atoms with van der Waals surface area (Å²) in [5, 5.41) is 9.44. The molecule has 0 amide bonds. The molecule has 116 valence electrons. The van der Waals surface area contributed by atoms with Gasteiger partial charge >= 0.3 is 0 Å². The lowest BCUT2D eigenvalue weighted by atomic mass is 9.79. The number of sulfonamides is 1. The Hall–Kier alpha value is -1.39. The molecule has 1 aliphatic carbocycles. The third kappa shape index (κ3) is 3.27. The summed E-state index contributed by atoms with van der Waals surface area (Å²) < 4.78 is 29.3. The van der Waals surface area contributed by atoms with Crippen LogP contribution >= 0.6 is 0 Å². The maximum Gasteiger partial charge on any atom is 0.260 e. The van der Waals surface area contributed by atoms with Gasteiger partial charge in [0.1, 0.15) is 11.4 Å². The Morgan fingerprint density at radius 2 is 2.14 bits per heavy atom. The summed E-state index contributed by atoms with van der Waals surface area (Å²) in [5.41, 5.74) is -0.991. The average Bonchev–Trinajstić information content (AvgIpc) is 2.83. The van der Waals surface area contributed by atoms with Crippen molar-refractivity contribution in [3.05, 3.63) is 12.0 Å². The molecule has 0 aliphatic heterocycles. The van der Waals surface area contributed by atoms with E-state index in [1.807, 2.05) is 6.92 Å². The van der Waals surface area contributed by atoms with Crippen LogP contribution in [-0.4, -0.2) is 23.5 Å². The predicted molar refractivity (Wildman–Crippen MR) is 78.9 cm³/mol. The van der Waals surface area contributed by atoms with Crippen LogP contribution in [0.5, 0.6) is 0 Å². The second-order valence-electron chi connectivity index (χ2n) is 5.89. The van der Waals surface area contributed by atoms with Gasteiger partial charge in [-0.2, -0.15) is 9.98 Å². The van der Waals surface area contributed by atoms with E-state index < -0.39 is 15.6 Å². The van der Waals surface area contributed by atoms with E-state index in [0.717, 1.165) is 12.8 Å². The highest BCUT2D eigenvalue weighted by atomic mass is 32.2. The highest BCUT2D eigenvalue weighted by Crippen LogP contribution is 2.32. The normalized spacial score (nSPS) is 26.5. The van der Waals surface area contributed by atoms with Crippen LogP contribution in [0.4, 0.5) is 0 Å². The van der Waals surface area contributed by atoms with E-state index in [9.17, 15) is 13.7 Å². The maximum atomic E-state index is 12.5. The molecular weight excluding hydrogens is 288 g/mol. The van der Waals surface area contributed by atoms with Crippen molar-refractivity contribution in [3.63, 3.8) is 0 Å². The molecule has 2 rings (SSSR count). The van der Waals surface area contributed by atoms with Crippen molar-refractivity contribution in [1.29, 1.82) is 5.26 Å². The fourth-order valence-corrected chi connectivity index (χ4v) is 4.12. The van der Waals surface area contributed by atoms with Crippen LogP contribution in [0.3, 0.4) is 0 Å². The van der Waals surface area contributed by atoms with Gasteiger partial charge in [-0.25, -0.2) is 13.4 Å². The van der Waals surface area contributed by atoms with Gasteiger partial charge in [0.05, 0.1) is 6.07 Å². The summed E-state index contributed by atoms with van der Waals surface area (Å²) in [4.78, 5) is 4.10. The van der Waals surface area contributed by atoms with Crippen LogP contribution < -0.4 is 4.72 Å². The van der Waals surface area contributed by atoms with E-state index in [4.69, 9.17) is 0 Å². The Labute approximate surface area is 126 Å². The highest BCUT2D eigenvalue weighted by molar-refractivity contribution is 7.89. The van der Waals surface area contributed by atoms with Crippen molar-refractivity contribution in [2.45, 2.75) is 63.6 Å². The zero-order valence-electron chi connectivity index (χ0n) is 12.8. The topological polar surface area (TPSA) is 87.8 Å². The van der Waals surface area contributed by atoms with Gasteiger partial charge in [-0.15, -0.1) is 0 Å². The quantitative estimate of drug-likeness (QED) is 0.921. The molecule has 1 fully saturated rings. The van der Waals surface area contributed by atoms with E-state index in [0.29, 0.717) is 31.1 Å². The summed E-state index contributed by atoms with van der Waals surface area (Å²) in [7, 11) is -3.76. The molecule has 1 aliphatic rings. The molecule has 1 saturated carbocycles. The number of aromatic nitrogens is 2. The minimum Gasteiger partial charge on any atom is -0.334 e. The Morgan fingerprint density at radius 1 is 1.52 bits per heavy atom. The van der Waals surface area contributed by atoms with Crippen LogP contribution in [0, 0.1) is 24.2 Å². The van der Waals surface area contributed by atoms with Crippen molar-refractivity contribution in [2.75, 3.05) is 0 Å². The molecule has 1 aromatic rings. The van der Waals surface area contributed by atoms with Gasteiger partial charge in [-0.3, -0.25) is 0 Å². The van der Waals surface area contributed by atoms with E-state index in [2.05, 4.69) is 22.7 Å². The first-order valence-electron chi connectivity index (χ1n) is 7.31. The van der Waals surface area contributed by atoms with E-state index in [1.54, 1.807) is 11.5 Å². The standard InChI is InChI=1S/C14H22N4O2S/c1-4-18-9-13(16-12(18)3)21(19,20)17-14(10-15)7-5-11(2)6-8-14/h9,11,17H,4-8H2,1-3H3. The van der Waals surface area contributed by atoms with Gasteiger partial charge < -0.3 is 4.57 Å². The number of imidazole rings is 1. The molecule has 1 heterocycles. The lowest BCUT2D eigenvalue weighted by Crippen LogP contribution is -2.49. The Morgan fingerprint density at radius 3 is 2.62 bits per heavy atom. The predicted octanol–water partition coefficient (Wildman–Crippen LogP) is 1.96. The Balaban J connectivity index is 2.25. The lowest BCUT2D eigenvalue weighted by molar-refractivity contribution is 0.277. The summed E-state index contributed by atoms with van der Waals surface area (Å²) in [6.07, 6.45) is 4.35. The first kappa shape index (κ1) is 16.0. The third-order valence-electron chi connectivity index (χ3n) is 4.24. The third-order valence-corrected chi connectivity index (χ3v) is 5.65. The molecule has 0 bridgehead atoms. The molecule has 0 spiro atoms. The van der Waals surface area contributed by atoms with Crippen LogP contribution in [0.25, 0.3) is 0 Å². The van der Waals surface area contributed by atoms with Crippen molar-refractivity contribution in [1.82, 2.24) is 14.3 Å². The number of hydrogen-bond acceptors (Lipinski definition) is 4. The van der Waals surface area contributed by atoms with Gasteiger partial charge in [0.25, 0.3) is 10.0 Å². The fourth-order valence-electron chi connectivity index (χ4n) is 2.73. The minimum atomic E-state index is -3.76. The van der Waals surface area contributed by atoms with Crippen LogP contribution in [0.15, 0.2) is 11.2 Å². The van der Waals surface area contributed by atoms with Crippen molar-refractivity contribution >= 4 is 10.0 Å².